The number of H-pyrrole nitrogens is 1. The summed E-state index contributed by atoms with van der Waals surface area (Å²) in [4.78, 5) is 28.9. The zero-order valence-corrected chi connectivity index (χ0v) is 18.5. The minimum Gasteiger partial charge on any atom is -0.369 e. The van der Waals surface area contributed by atoms with Crippen molar-refractivity contribution in [2.75, 3.05) is 6.54 Å². The molecule has 1 aliphatic heterocycles. The number of halogens is 2. The second-order valence-electron chi connectivity index (χ2n) is 8.26. The van der Waals surface area contributed by atoms with Gasteiger partial charge in [0.05, 0.1) is 11.9 Å². The Balaban J connectivity index is 1.80. The number of aromatic amines is 1. The van der Waals surface area contributed by atoms with E-state index in [-0.39, 0.29) is 12.3 Å². The monoisotopic (exact) mass is 461 g/mol. The number of aromatic nitrogens is 1. The number of nitrogens with zero attached hydrogens (tertiary/aromatic N) is 1. The van der Waals surface area contributed by atoms with Gasteiger partial charge in [0.15, 0.2) is 0 Å². The largest absolute Gasteiger partial charge is 0.369 e. The fourth-order valence-electron chi connectivity index (χ4n) is 4.83. The van der Waals surface area contributed by atoms with E-state index in [1.165, 1.54) is 12.1 Å². The topological polar surface area (TPSA) is 79.2 Å². The number of nitrogens with one attached hydrogen (secondary N) is 1. The average Bonchev–Trinajstić information content (AvgIpc) is 3.16. The summed E-state index contributed by atoms with van der Waals surface area (Å²) in [5.41, 5.74) is 10.6. The van der Waals surface area contributed by atoms with Gasteiger partial charge in [-0.15, -0.1) is 0 Å². The number of fused-ring (bicyclic) bond motifs is 4. The molecule has 0 atom stereocenters. The van der Waals surface area contributed by atoms with Crippen molar-refractivity contribution in [1.29, 1.82) is 0 Å². The molecule has 5 nitrogen and oxygen atoms in total. The molecule has 5 rings (SSSR count). The number of rotatable bonds is 4. The van der Waals surface area contributed by atoms with E-state index >= 15 is 4.39 Å². The van der Waals surface area contributed by atoms with Gasteiger partial charge in [0.1, 0.15) is 5.82 Å². The molecule has 1 aromatic heterocycles. The Hall–Kier alpha value is -3.64. The Morgan fingerprint density at radius 2 is 2.06 bits per heavy atom. The standard InChI is InChI=1S/C26H21ClFN3O2/c1-2-23(33)31-9-8-17-14(13-31)4-3-5-18(17)24-20(28)10-15(11-22(29)32)26-25(24)19-12-16(27)6-7-21(19)30-26/h2-7,10,12,30H,1,8-9,11,13H2,(H2,29,32). The predicted octanol–water partition coefficient (Wildman–Crippen LogP) is 4.88. The van der Waals surface area contributed by atoms with Crippen molar-refractivity contribution >= 4 is 45.2 Å². The van der Waals surface area contributed by atoms with Gasteiger partial charge in [-0.1, -0.05) is 36.4 Å². The lowest BCUT2D eigenvalue weighted by Gasteiger charge is -2.29. The lowest BCUT2D eigenvalue weighted by molar-refractivity contribution is -0.126. The van der Waals surface area contributed by atoms with Crippen LogP contribution in [0, 0.1) is 5.82 Å². The lowest BCUT2D eigenvalue weighted by atomic mass is 9.87. The molecule has 33 heavy (non-hydrogen) atoms. The fraction of sp³-hybridized carbons (Fsp3) is 0.154. The zero-order chi connectivity index (χ0) is 23.3. The Bertz CT molecular complexity index is 1470. The van der Waals surface area contributed by atoms with Crippen LogP contribution < -0.4 is 5.73 Å². The maximum atomic E-state index is 15.8. The fourth-order valence-corrected chi connectivity index (χ4v) is 5.00. The molecule has 0 fully saturated rings. The second kappa shape index (κ2) is 8.05. The summed E-state index contributed by atoms with van der Waals surface area (Å²) in [6, 6.07) is 12.5. The number of carbonyl (C=O) groups is 2. The van der Waals surface area contributed by atoms with E-state index in [0.717, 1.165) is 27.6 Å². The van der Waals surface area contributed by atoms with Crippen LogP contribution in [0.25, 0.3) is 32.9 Å². The molecule has 0 saturated carbocycles. The van der Waals surface area contributed by atoms with Crippen LogP contribution in [0.3, 0.4) is 0 Å². The molecule has 0 unspecified atom stereocenters. The summed E-state index contributed by atoms with van der Waals surface area (Å²) < 4.78 is 15.8. The lowest BCUT2D eigenvalue weighted by Crippen LogP contribution is -2.34. The maximum Gasteiger partial charge on any atom is 0.246 e. The molecule has 166 valence electrons. The Kier molecular flexibility index (Phi) is 5.17. The molecule has 3 N–H and O–H groups in total. The molecular weight excluding hydrogens is 441 g/mol. The third-order valence-electron chi connectivity index (χ3n) is 6.26. The molecule has 2 heterocycles. The minimum absolute atomic E-state index is 0.0836. The summed E-state index contributed by atoms with van der Waals surface area (Å²) >= 11 is 6.29. The van der Waals surface area contributed by atoms with Crippen molar-refractivity contribution in [3.63, 3.8) is 0 Å². The molecule has 0 radical (unpaired) electrons. The SMILES string of the molecule is C=CC(=O)N1CCc2c(cccc2-c2c(F)cc(CC(N)=O)c3[nH]c4ccc(Cl)cc4c23)C1. The first kappa shape index (κ1) is 21.2. The quantitative estimate of drug-likeness (QED) is 0.425. The summed E-state index contributed by atoms with van der Waals surface area (Å²) in [5, 5.41) is 1.97. The van der Waals surface area contributed by atoms with E-state index < -0.39 is 11.7 Å². The van der Waals surface area contributed by atoms with Crippen molar-refractivity contribution in [3.05, 3.63) is 82.6 Å². The predicted molar refractivity (Wildman–Crippen MR) is 128 cm³/mol. The maximum absolute atomic E-state index is 15.8. The van der Waals surface area contributed by atoms with Crippen LogP contribution in [0.2, 0.25) is 5.02 Å². The van der Waals surface area contributed by atoms with Gasteiger partial charge in [-0.05, 0) is 59.0 Å². The van der Waals surface area contributed by atoms with Crippen LogP contribution >= 0.6 is 11.6 Å². The zero-order valence-electron chi connectivity index (χ0n) is 17.8. The highest BCUT2D eigenvalue weighted by Gasteiger charge is 2.25. The van der Waals surface area contributed by atoms with Crippen LogP contribution in [0.5, 0.6) is 0 Å². The summed E-state index contributed by atoms with van der Waals surface area (Å²) in [7, 11) is 0. The van der Waals surface area contributed by atoms with E-state index in [4.69, 9.17) is 17.3 Å². The summed E-state index contributed by atoms with van der Waals surface area (Å²) in [6.07, 6.45) is 1.82. The first-order valence-electron chi connectivity index (χ1n) is 10.6. The molecule has 0 saturated heterocycles. The number of primary amides is 1. The number of hydrogen-bond acceptors (Lipinski definition) is 2. The smallest absolute Gasteiger partial charge is 0.246 e. The molecule has 0 aliphatic carbocycles. The molecule has 0 spiro atoms. The number of benzene rings is 3. The Labute approximate surface area is 194 Å². The van der Waals surface area contributed by atoms with Gasteiger partial charge in [0, 0.05) is 40.0 Å². The van der Waals surface area contributed by atoms with E-state index in [9.17, 15) is 9.59 Å². The summed E-state index contributed by atoms with van der Waals surface area (Å²) in [5.74, 6) is -1.09. The Morgan fingerprint density at radius 1 is 1.24 bits per heavy atom. The average molecular weight is 462 g/mol. The molecule has 7 heteroatoms. The van der Waals surface area contributed by atoms with Gasteiger partial charge in [0.25, 0.3) is 0 Å². The van der Waals surface area contributed by atoms with E-state index in [2.05, 4.69) is 11.6 Å². The Morgan fingerprint density at radius 3 is 2.82 bits per heavy atom. The van der Waals surface area contributed by atoms with Crippen molar-refractivity contribution in [2.24, 2.45) is 5.73 Å². The highest BCUT2D eigenvalue weighted by Crippen LogP contribution is 2.42. The number of amides is 2. The summed E-state index contributed by atoms with van der Waals surface area (Å²) in [6.45, 7) is 4.54. The number of nitrogens with two attached hydrogens (primary N) is 1. The van der Waals surface area contributed by atoms with Crippen molar-refractivity contribution in [1.82, 2.24) is 9.88 Å². The third kappa shape index (κ3) is 3.56. The van der Waals surface area contributed by atoms with Gasteiger partial charge in [-0.2, -0.15) is 0 Å². The van der Waals surface area contributed by atoms with E-state index in [1.54, 1.807) is 17.0 Å². The molecule has 4 aromatic rings. The van der Waals surface area contributed by atoms with E-state index in [1.807, 2.05) is 24.3 Å². The molecule has 2 amide bonds. The van der Waals surface area contributed by atoms with Gasteiger partial charge < -0.3 is 15.6 Å². The van der Waals surface area contributed by atoms with Gasteiger partial charge >= 0.3 is 0 Å². The number of carbonyl (C=O) groups excluding carboxylic acids is 2. The van der Waals surface area contributed by atoms with Crippen molar-refractivity contribution in [3.8, 4) is 11.1 Å². The first-order valence-corrected chi connectivity index (χ1v) is 11.0. The third-order valence-corrected chi connectivity index (χ3v) is 6.49. The van der Waals surface area contributed by atoms with Crippen molar-refractivity contribution < 1.29 is 14.0 Å². The highest BCUT2D eigenvalue weighted by molar-refractivity contribution is 6.32. The van der Waals surface area contributed by atoms with Gasteiger partial charge in [0.2, 0.25) is 11.8 Å². The first-order chi connectivity index (χ1) is 15.9. The van der Waals surface area contributed by atoms with Crippen LogP contribution in [0.1, 0.15) is 16.7 Å². The molecule has 1 aliphatic rings. The normalized spacial score (nSPS) is 13.3. The molecule has 3 aromatic carbocycles. The minimum atomic E-state index is -0.538. The van der Waals surface area contributed by atoms with Gasteiger partial charge in [-0.3, -0.25) is 9.59 Å². The highest BCUT2D eigenvalue weighted by atomic mass is 35.5. The van der Waals surface area contributed by atoms with Crippen molar-refractivity contribution in [2.45, 2.75) is 19.4 Å². The van der Waals surface area contributed by atoms with Gasteiger partial charge in [-0.25, -0.2) is 4.39 Å². The van der Waals surface area contributed by atoms with Crippen LogP contribution in [0.4, 0.5) is 4.39 Å². The molecular formula is C26H21ClFN3O2. The van der Waals surface area contributed by atoms with E-state index in [0.29, 0.717) is 46.6 Å². The number of hydrogen-bond donors (Lipinski definition) is 2. The van der Waals surface area contributed by atoms with Crippen LogP contribution in [-0.2, 0) is 29.0 Å². The van der Waals surface area contributed by atoms with Crippen LogP contribution in [0.15, 0.2) is 55.1 Å². The second-order valence-corrected chi connectivity index (χ2v) is 8.69. The van der Waals surface area contributed by atoms with Crippen LogP contribution in [-0.4, -0.2) is 28.2 Å². The molecule has 0 bridgehead atoms.